The van der Waals surface area contributed by atoms with Gasteiger partial charge in [-0.1, -0.05) is 18.2 Å². The number of hydrogen-bond donors (Lipinski definition) is 0. The van der Waals surface area contributed by atoms with Crippen LogP contribution in [0.1, 0.15) is 29.9 Å². The topological polar surface area (TPSA) is 3.24 Å². The van der Waals surface area contributed by atoms with E-state index in [4.69, 9.17) is 0 Å². The number of alkyl halides is 3. The Bertz CT molecular complexity index is 386. The number of nitrogens with zero attached hydrogens (tertiary/aromatic N) is 1. The third-order valence-electron chi connectivity index (χ3n) is 3.31. The Morgan fingerprint density at radius 3 is 2.71 bits per heavy atom. The van der Waals surface area contributed by atoms with E-state index in [9.17, 15) is 13.2 Å². The lowest BCUT2D eigenvalue weighted by Crippen LogP contribution is -2.30. The van der Waals surface area contributed by atoms with Gasteiger partial charge in [-0.2, -0.15) is 13.2 Å². The minimum Gasteiger partial charge on any atom is -0.306 e. The van der Waals surface area contributed by atoms with Gasteiger partial charge in [0, 0.05) is 6.54 Å². The molecule has 0 spiro atoms. The predicted molar refractivity (Wildman–Crippen MR) is 60.9 cm³/mol. The summed E-state index contributed by atoms with van der Waals surface area (Å²) in [4.78, 5) is 2.18. The Morgan fingerprint density at radius 2 is 2.06 bits per heavy atom. The van der Waals surface area contributed by atoms with Gasteiger partial charge in [0.2, 0.25) is 0 Å². The SMILES string of the molecule is CN1CCCC(c2cccc(C(F)(F)F)c2)C1. The van der Waals surface area contributed by atoms with Crippen LogP contribution in [0.15, 0.2) is 24.3 Å². The maximum absolute atomic E-state index is 12.6. The molecular formula is C13H16F3N. The molecule has 1 fully saturated rings. The van der Waals surface area contributed by atoms with E-state index in [-0.39, 0.29) is 5.92 Å². The van der Waals surface area contributed by atoms with Crippen LogP contribution in [0, 0.1) is 0 Å². The van der Waals surface area contributed by atoms with E-state index >= 15 is 0 Å². The highest BCUT2D eigenvalue weighted by molar-refractivity contribution is 5.28. The van der Waals surface area contributed by atoms with Gasteiger partial charge in [-0.25, -0.2) is 0 Å². The fourth-order valence-corrected chi connectivity index (χ4v) is 2.41. The summed E-state index contributed by atoms with van der Waals surface area (Å²) < 4.78 is 37.8. The van der Waals surface area contributed by atoms with Crippen molar-refractivity contribution in [1.82, 2.24) is 4.90 Å². The molecule has 0 radical (unpaired) electrons. The first-order chi connectivity index (χ1) is 7.97. The Labute approximate surface area is 99.2 Å². The van der Waals surface area contributed by atoms with Crippen molar-refractivity contribution in [3.8, 4) is 0 Å². The van der Waals surface area contributed by atoms with Crippen LogP contribution in [0.3, 0.4) is 0 Å². The van der Waals surface area contributed by atoms with Crippen molar-refractivity contribution in [1.29, 1.82) is 0 Å². The van der Waals surface area contributed by atoms with Crippen molar-refractivity contribution in [2.75, 3.05) is 20.1 Å². The van der Waals surface area contributed by atoms with E-state index in [2.05, 4.69) is 4.90 Å². The van der Waals surface area contributed by atoms with E-state index in [1.54, 1.807) is 6.07 Å². The van der Waals surface area contributed by atoms with E-state index in [1.807, 2.05) is 7.05 Å². The monoisotopic (exact) mass is 243 g/mol. The molecule has 2 rings (SSSR count). The van der Waals surface area contributed by atoms with Crippen LogP contribution in [0.5, 0.6) is 0 Å². The average Bonchev–Trinajstić information content (AvgIpc) is 2.28. The molecule has 17 heavy (non-hydrogen) atoms. The summed E-state index contributed by atoms with van der Waals surface area (Å²) in [6.07, 6.45) is -2.21. The molecule has 1 nitrogen and oxygen atoms in total. The second-order valence-corrected chi connectivity index (χ2v) is 4.72. The van der Waals surface area contributed by atoms with E-state index in [0.717, 1.165) is 37.6 Å². The van der Waals surface area contributed by atoms with Gasteiger partial charge in [-0.15, -0.1) is 0 Å². The molecule has 4 heteroatoms. The highest BCUT2D eigenvalue weighted by Crippen LogP contribution is 2.33. The van der Waals surface area contributed by atoms with Gasteiger partial charge in [0.25, 0.3) is 0 Å². The third-order valence-corrected chi connectivity index (χ3v) is 3.31. The highest BCUT2D eigenvalue weighted by atomic mass is 19.4. The quantitative estimate of drug-likeness (QED) is 0.729. The number of hydrogen-bond acceptors (Lipinski definition) is 1. The van der Waals surface area contributed by atoms with Gasteiger partial charge in [0.15, 0.2) is 0 Å². The number of rotatable bonds is 1. The van der Waals surface area contributed by atoms with Crippen LogP contribution in [-0.4, -0.2) is 25.0 Å². The number of benzene rings is 1. The van der Waals surface area contributed by atoms with Crippen molar-refractivity contribution in [2.24, 2.45) is 0 Å². The molecule has 1 saturated heterocycles. The van der Waals surface area contributed by atoms with Crippen LogP contribution in [-0.2, 0) is 6.18 Å². The van der Waals surface area contributed by atoms with Gasteiger partial charge in [0.05, 0.1) is 5.56 Å². The van der Waals surface area contributed by atoms with Gasteiger partial charge in [-0.05, 0) is 44.0 Å². The molecule has 0 aromatic heterocycles. The number of piperidine rings is 1. The average molecular weight is 243 g/mol. The molecule has 1 unspecified atom stereocenters. The Kier molecular flexibility index (Phi) is 3.43. The normalized spacial score (nSPS) is 22.7. The first-order valence-corrected chi connectivity index (χ1v) is 5.82. The molecule has 1 aliphatic heterocycles. The molecule has 94 valence electrons. The van der Waals surface area contributed by atoms with Crippen LogP contribution >= 0.6 is 0 Å². The zero-order chi connectivity index (χ0) is 12.5. The molecule has 0 amide bonds. The number of likely N-dealkylation sites (N-methyl/N-ethyl adjacent to an activating group) is 1. The second-order valence-electron chi connectivity index (χ2n) is 4.72. The number of likely N-dealkylation sites (tertiary alicyclic amines) is 1. The van der Waals surface area contributed by atoms with Crippen LogP contribution in [0.2, 0.25) is 0 Å². The first kappa shape index (κ1) is 12.4. The predicted octanol–water partition coefficient (Wildman–Crippen LogP) is 3.51. The van der Waals surface area contributed by atoms with Crippen LogP contribution < -0.4 is 0 Å². The molecular weight excluding hydrogens is 227 g/mol. The second kappa shape index (κ2) is 4.69. The molecule has 1 aliphatic rings. The van der Waals surface area contributed by atoms with E-state index in [1.165, 1.54) is 12.1 Å². The Balaban J connectivity index is 2.21. The first-order valence-electron chi connectivity index (χ1n) is 5.82. The largest absolute Gasteiger partial charge is 0.416 e. The Morgan fingerprint density at radius 1 is 1.29 bits per heavy atom. The minimum absolute atomic E-state index is 0.232. The lowest BCUT2D eigenvalue weighted by atomic mass is 9.90. The van der Waals surface area contributed by atoms with Crippen LogP contribution in [0.4, 0.5) is 13.2 Å². The third kappa shape index (κ3) is 3.00. The summed E-state index contributed by atoms with van der Waals surface area (Å²) in [5, 5.41) is 0. The summed E-state index contributed by atoms with van der Waals surface area (Å²) >= 11 is 0. The van der Waals surface area contributed by atoms with Gasteiger partial charge < -0.3 is 4.90 Å². The molecule has 0 bridgehead atoms. The lowest BCUT2D eigenvalue weighted by molar-refractivity contribution is -0.137. The lowest BCUT2D eigenvalue weighted by Gasteiger charge is -2.30. The maximum atomic E-state index is 12.6. The van der Waals surface area contributed by atoms with Crippen molar-refractivity contribution < 1.29 is 13.2 Å². The van der Waals surface area contributed by atoms with Crippen molar-refractivity contribution in [3.05, 3.63) is 35.4 Å². The molecule has 1 atom stereocenters. The Hall–Kier alpha value is -1.03. The summed E-state index contributed by atoms with van der Waals surface area (Å²) in [7, 11) is 2.01. The standard InChI is InChI=1S/C13H16F3N/c1-17-7-3-5-11(9-17)10-4-2-6-12(8-10)13(14,15)16/h2,4,6,8,11H,3,5,7,9H2,1H3. The molecule has 0 saturated carbocycles. The summed E-state index contributed by atoms with van der Waals surface area (Å²) in [6.45, 7) is 1.89. The molecule has 1 heterocycles. The van der Waals surface area contributed by atoms with Gasteiger partial charge in [-0.3, -0.25) is 0 Å². The smallest absolute Gasteiger partial charge is 0.306 e. The maximum Gasteiger partial charge on any atom is 0.416 e. The molecule has 1 aromatic rings. The summed E-state index contributed by atoms with van der Waals surface area (Å²) in [5.41, 5.74) is 0.273. The summed E-state index contributed by atoms with van der Waals surface area (Å²) in [6, 6.07) is 5.74. The zero-order valence-corrected chi connectivity index (χ0v) is 9.80. The molecule has 0 aliphatic carbocycles. The van der Waals surface area contributed by atoms with Gasteiger partial charge in [0.1, 0.15) is 0 Å². The van der Waals surface area contributed by atoms with Gasteiger partial charge >= 0.3 is 6.18 Å². The van der Waals surface area contributed by atoms with E-state index < -0.39 is 11.7 Å². The number of halogens is 3. The van der Waals surface area contributed by atoms with Crippen molar-refractivity contribution in [3.63, 3.8) is 0 Å². The minimum atomic E-state index is -4.24. The molecule has 1 aromatic carbocycles. The zero-order valence-electron chi connectivity index (χ0n) is 9.80. The van der Waals surface area contributed by atoms with Crippen LogP contribution in [0.25, 0.3) is 0 Å². The molecule has 0 N–H and O–H groups in total. The van der Waals surface area contributed by atoms with Crippen molar-refractivity contribution >= 4 is 0 Å². The highest BCUT2D eigenvalue weighted by Gasteiger charge is 2.31. The van der Waals surface area contributed by atoms with Crippen molar-refractivity contribution in [2.45, 2.75) is 24.9 Å². The summed E-state index contributed by atoms with van der Waals surface area (Å²) in [5.74, 6) is 0.232. The van der Waals surface area contributed by atoms with E-state index in [0.29, 0.717) is 0 Å². The fraction of sp³-hybridized carbons (Fsp3) is 0.538. The fourth-order valence-electron chi connectivity index (χ4n) is 2.41.